The molecule has 6 nitrogen and oxygen atoms in total. The summed E-state index contributed by atoms with van der Waals surface area (Å²) >= 11 is 0. The molecule has 31 heavy (non-hydrogen) atoms. The predicted molar refractivity (Wildman–Crippen MR) is 117 cm³/mol. The van der Waals surface area contributed by atoms with Crippen LogP contribution in [0, 0.1) is 23.7 Å². The Morgan fingerprint density at radius 2 is 1.74 bits per heavy atom. The van der Waals surface area contributed by atoms with Crippen LogP contribution in [-0.2, 0) is 9.47 Å². The van der Waals surface area contributed by atoms with Crippen LogP contribution in [0.1, 0.15) is 18.4 Å². The molecule has 0 amide bonds. The lowest BCUT2D eigenvalue weighted by Crippen LogP contribution is -2.59. The highest BCUT2D eigenvalue weighted by atomic mass is 16.7. The minimum Gasteiger partial charge on any atom is -0.394 e. The first-order chi connectivity index (χ1) is 15.1. The van der Waals surface area contributed by atoms with E-state index in [1.807, 2.05) is 36.4 Å². The molecule has 3 aliphatic carbocycles. The van der Waals surface area contributed by atoms with Gasteiger partial charge in [-0.05, 0) is 42.1 Å². The third kappa shape index (κ3) is 5.00. The van der Waals surface area contributed by atoms with E-state index in [0.29, 0.717) is 0 Å². The smallest absolute Gasteiger partial charge is 0.187 e. The maximum Gasteiger partial charge on any atom is 0.187 e. The van der Waals surface area contributed by atoms with Crippen molar-refractivity contribution in [3.63, 3.8) is 0 Å². The fraction of sp³-hybridized carbons (Fsp3) is 0.520. The normalized spacial score (nSPS) is 40.2. The van der Waals surface area contributed by atoms with Gasteiger partial charge in [0.1, 0.15) is 24.4 Å². The molecular weight excluding hydrogens is 396 g/mol. The molecule has 1 aromatic carbocycles. The van der Waals surface area contributed by atoms with Gasteiger partial charge < -0.3 is 29.9 Å². The van der Waals surface area contributed by atoms with Crippen molar-refractivity contribution >= 4 is 6.08 Å². The number of hydrogen-bond donors (Lipinski definition) is 4. The molecule has 2 unspecified atom stereocenters. The molecule has 1 heterocycles. The summed E-state index contributed by atoms with van der Waals surface area (Å²) in [7, 11) is 0. The molecule has 9 atom stereocenters. The summed E-state index contributed by atoms with van der Waals surface area (Å²) in [5, 5.41) is 38.1. The predicted octanol–water partition coefficient (Wildman–Crippen LogP) is 1.90. The van der Waals surface area contributed by atoms with Gasteiger partial charge in [-0.3, -0.25) is 0 Å². The third-order valence-corrected chi connectivity index (χ3v) is 6.77. The Morgan fingerprint density at radius 1 is 0.968 bits per heavy atom. The highest BCUT2D eigenvalue weighted by Gasteiger charge is 2.44. The molecule has 1 saturated heterocycles. The summed E-state index contributed by atoms with van der Waals surface area (Å²) in [4.78, 5) is 0. The zero-order valence-corrected chi connectivity index (χ0v) is 17.5. The quantitative estimate of drug-likeness (QED) is 0.535. The number of allylic oxidation sites excluding steroid dienone is 4. The fourth-order valence-electron chi connectivity index (χ4n) is 5.08. The van der Waals surface area contributed by atoms with Gasteiger partial charge in [-0.25, -0.2) is 0 Å². The van der Waals surface area contributed by atoms with Crippen molar-refractivity contribution in [2.75, 3.05) is 13.2 Å². The lowest BCUT2D eigenvalue weighted by atomic mass is 9.86. The molecule has 2 fully saturated rings. The Hall–Kier alpha value is -1.80. The Labute approximate surface area is 183 Å². The van der Waals surface area contributed by atoms with E-state index in [1.54, 1.807) is 6.08 Å². The monoisotopic (exact) mass is 428 g/mol. The third-order valence-electron chi connectivity index (χ3n) is 6.77. The first-order valence-electron chi connectivity index (χ1n) is 11.1. The Bertz CT molecular complexity index is 788. The van der Waals surface area contributed by atoms with Gasteiger partial charge in [0.2, 0.25) is 0 Å². The van der Waals surface area contributed by atoms with Gasteiger partial charge in [-0.15, -0.1) is 0 Å². The minimum absolute atomic E-state index is 0.164. The number of fused-ring (bicyclic) bond motifs is 5. The largest absolute Gasteiger partial charge is 0.394 e. The lowest BCUT2D eigenvalue weighted by Gasteiger charge is -2.39. The standard InChI is InChI=1S/C15H20O6.C10H12/c16-9-11-12(17)13(18)14(19)15(21-11)20-8-4-7-10-5-2-1-3-6-10;1-2-9-7-4-5-8(6-7)10(9)3-1/h1-7,11-19H,8-9H2;1-2,4-5,7-10H,3,6H2/b7-4+;/t11-,12-,13+,14-,15-;7-,8+,9?,10?/m10/s1. The van der Waals surface area contributed by atoms with E-state index in [1.165, 1.54) is 12.8 Å². The van der Waals surface area contributed by atoms with Crippen molar-refractivity contribution in [2.24, 2.45) is 23.7 Å². The second-order valence-electron chi connectivity index (χ2n) is 8.70. The number of hydrogen-bond acceptors (Lipinski definition) is 6. The van der Waals surface area contributed by atoms with E-state index in [2.05, 4.69) is 24.3 Å². The van der Waals surface area contributed by atoms with E-state index in [0.717, 1.165) is 29.2 Å². The van der Waals surface area contributed by atoms with E-state index in [9.17, 15) is 15.3 Å². The molecule has 4 aliphatic rings. The Balaban J connectivity index is 0.000000188. The molecule has 1 saturated carbocycles. The molecule has 4 N–H and O–H groups in total. The van der Waals surface area contributed by atoms with Crippen molar-refractivity contribution in [2.45, 2.75) is 43.5 Å². The van der Waals surface area contributed by atoms with Crippen LogP contribution in [0.25, 0.3) is 6.08 Å². The maximum atomic E-state index is 9.77. The number of rotatable bonds is 5. The summed E-state index contributed by atoms with van der Waals surface area (Å²) in [6, 6.07) is 9.62. The molecule has 1 aromatic rings. The van der Waals surface area contributed by atoms with E-state index in [-0.39, 0.29) is 6.61 Å². The van der Waals surface area contributed by atoms with Crippen LogP contribution in [0.4, 0.5) is 0 Å². The molecule has 0 spiro atoms. The van der Waals surface area contributed by atoms with Crippen LogP contribution in [0.3, 0.4) is 0 Å². The molecule has 6 heteroatoms. The van der Waals surface area contributed by atoms with Crippen molar-refractivity contribution in [3.8, 4) is 0 Å². The number of aliphatic hydroxyl groups excluding tert-OH is 4. The summed E-state index contributed by atoms with van der Waals surface area (Å²) < 4.78 is 10.5. The molecule has 168 valence electrons. The number of ether oxygens (including phenoxy) is 2. The summed E-state index contributed by atoms with van der Waals surface area (Å²) in [5.74, 6) is 3.82. The Kier molecular flexibility index (Phi) is 7.38. The summed E-state index contributed by atoms with van der Waals surface area (Å²) in [6.45, 7) is -0.303. The summed E-state index contributed by atoms with van der Waals surface area (Å²) in [5.41, 5.74) is 1.01. The van der Waals surface area contributed by atoms with Gasteiger partial charge in [-0.1, -0.05) is 66.8 Å². The second kappa shape index (κ2) is 10.2. The molecule has 1 aliphatic heterocycles. The van der Waals surface area contributed by atoms with Crippen LogP contribution in [0.15, 0.2) is 60.7 Å². The van der Waals surface area contributed by atoms with Crippen molar-refractivity contribution < 1.29 is 29.9 Å². The number of aliphatic hydroxyl groups is 4. The van der Waals surface area contributed by atoms with Crippen LogP contribution in [0.2, 0.25) is 0 Å². The van der Waals surface area contributed by atoms with E-state index >= 15 is 0 Å². The highest BCUT2D eigenvalue weighted by Crippen LogP contribution is 2.52. The molecule has 5 rings (SSSR count). The Morgan fingerprint density at radius 3 is 2.48 bits per heavy atom. The summed E-state index contributed by atoms with van der Waals surface area (Å²) in [6.07, 6.45) is 9.90. The van der Waals surface area contributed by atoms with Gasteiger partial charge in [0.25, 0.3) is 0 Å². The first-order valence-corrected chi connectivity index (χ1v) is 11.1. The molecular formula is C25H32O6. The van der Waals surface area contributed by atoms with Crippen molar-refractivity contribution in [3.05, 3.63) is 66.3 Å². The van der Waals surface area contributed by atoms with Crippen LogP contribution in [0.5, 0.6) is 0 Å². The van der Waals surface area contributed by atoms with Crippen molar-refractivity contribution in [1.82, 2.24) is 0 Å². The lowest BCUT2D eigenvalue weighted by molar-refractivity contribution is -0.298. The molecule has 0 aromatic heterocycles. The zero-order valence-electron chi connectivity index (χ0n) is 17.5. The maximum absolute atomic E-state index is 9.77. The van der Waals surface area contributed by atoms with Gasteiger partial charge >= 0.3 is 0 Å². The van der Waals surface area contributed by atoms with E-state index in [4.69, 9.17) is 14.6 Å². The van der Waals surface area contributed by atoms with Crippen molar-refractivity contribution in [1.29, 1.82) is 0 Å². The fourth-order valence-corrected chi connectivity index (χ4v) is 5.08. The van der Waals surface area contributed by atoms with Crippen LogP contribution >= 0.6 is 0 Å². The SMILES string of the molecule is C1=CC2C(C1)[C@@H]1C=C[C@H]2C1.OC[C@H]1O[C@@H](OC/C=C/c2ccccc2)[C@H](O)[C@@H](O)[C@@H]1O. The van der Waals surface area contributed by atoms with Gasteiger partial charge in [-0.2, -0.15) is 0 Å². The number of benzene rings is 1. The minimum atomic E-state index is -1.42. The van der Waals surface area contributed by atoms with Crippen LogP contribution in [-0.4, -0.2) is 64.3 Å². The first kappa shape index (κ1) is 22.4. The zero-order chi connectivity index (χ0) is 21.8. The molecule has 2 bridgehead atoms. The van der Waals surface area contributed by atoms with E-state index < -0.39 is 37.3 Å². The van der Waals surface area contributed by atoms with Crippen LogP contribution < -0.4 is 0 Å². The molecule has 0 radical (unpaired) electrons. The topological polar surface area (TPSA) is 99.4 Å². The van der Waals surface area contributed by atoms with Gasteiger partial charge in [0.05, 0.1) is 13.2 Å². The average Bonchev–Trinajstić information content (AvgIpc) is 3.53. The van der Waals surface area contributed by atoms with Gasteiger partial charge in [0.15, 0.2) is 6.29 Å². The second-order valence-corrected chi connectivity index (χ2v) is 8.70. The average molecular weight is 429 g/mol. The van der Waals surface area contributed by atoms with Gasteiger partial charge in [0, 0.05) is 0 Å². The highest BCUT2D eigenvalue weighted by molar-refractivity contribution is 5.48.